The average Bonchev–Trinajstić information content (AvgIpc) is 3.20. The number of hydrogen-bond donors (Lipinski definition) is 3. The highest BCUT2D eigenvalue weighted by atomic mass is 32.2. The van der Waals surface area contributed by atoms with Crippen molar-refractivity contribution in [3.8, 4) is 0 Å². The van der Waals surface area contributed by atoms with Crippen molar-refractivity contribution < 1.29 is 13.2 Å². The molecule has 0 spiro atoms. The number of aromatic amines is 1. The largest absolute Gasteiger partial charge is 0.351 e. The Bertz CT molecular complexity index is 1260. The van der Waals surface area contributed by atoms with Gasteiger partial charge in [-0.05, 0) is 61.1 Å². The van der Waals surface area contributed by atoms with Gasteiger partial charge in [0.05, 0.1) is 11.9 Å². The standard InChI is InChI=1S/C25H33N5O3S/c1-17(2)13-18-5-4-10-26-24(18)16-27-20-8-11-30(12-9-20)25(31)23-15-19-14-21(29-34(3,32)33)6-7-22(19)28-23/h4-7,10,14-15,17,20,27-29H,8-9,11-13,16H2,1-3H3. The van der Waals surface area contributed by atoms with Crippen LogP contribution in [0.1, 0.15) is 48.4 Å². The SMILES string of the molecule is CC(C)Cc1cccnc1CNC1CCN(C(=O)c2cc3cc(NS(C)(=O)=O)ccc3[nH]2)CC1. The first-order valence-corrected chi connectivity index (χ1v) is 13.6. The molecular weight excluding hydrogens is 450 g/mol. The van der Waals surface area contributed by atoms with Crippen LogP contribution in [0.15, 0.2) is 42.6 Å². The van der Waals surface area contributed by atoms with E-state index in [1.165, 1.54) is 5.56 Å². The van der Waals surface area contributed by atoms with E-state index < -0.39 is 10.0 Å². The molecule has 182 valence electrons. The van der Waals surface area contributed by atoms with Gasteiger partial charge in [-0.2, -0.15) is 0 Å². The van der Waals surface area contributed by atoms with Crippen LogP contribution in [-0.4, -0.2) is 54.6 Å². The average molecular weight is 484 g/mol. The first-order chi connectivity index (χ1) is 16.2. The number of likely N-dealkylation sites (tertiary alicyclic amines) is 1. The van der Waals surface area contributed by atoms with Gasteiger partial charge in [-0.25, -0.2) is 8.42 Å². The van der Waals surface area contributed by atoms with Crippen LogP contribution in [0.4, 0.5) is 5.69 Å². The fraction of sp³-hybridized carbons (Fsp3) is 0.440. The number of aromatic nitrogens is 2. The molecule has 9 heteroatoms. The second-order valence-corrected chi connectivity index (χ2v) is 11.3. The summed E-state index contributed by atoms with van der Waals surface area (Å²) in [4.78, 5) is 22.7. The lowest BCUT2D eigenvalue weighted by atomic mass is 10.0. The van der Waals surface area contributed by atoms with Gasteiger partial charge in [0, 0.05) is 48.5 Å². The number of anilines is 1. The molecule has 1 aromatic carbocycles. The van der Waals surface area contributed by atoms with Crippen LogP contribution in [-0.2, 0) is 23.0 Å². The van der Waals surface area contributed by atoms with Gasteiger partial charge in [0.2, 0.25) is 10.0 Å². The summed E-state index contributed by atoms with van der Waals surface area (Å²) in [6.45, 7) is 6.56. The van der Waals surface area contributed by atoms with Crippen molar-refractivity contribution in [2.75, 3.05) is 24.1 Å². The maximum atomic E-state index is 13.1. The number of nitrogens with zero attached hydrogens (tertiary/aromatic N) is 2. The smallest absolute Gasteiger partial charge is 0.270 e. The molecule has 2 aromatic heterocycles. The number of pyridine rings is 1. The molecule has 1 aliphatic rings. The maximum Gasteiger partial charge on any atom is 0.270 e. The lowest BCUT2D eigenvalue weighted by Crippen LogP contribution is -2.45. The zero-order valence-electron chi connectivity index (χ0n) is 20.0. The molecule has 3 heterocycles. The number of piperidine rings is 1. The fourth-order valence-corrected chi connectivity index (χ4v) is 5.03. The van der Waals surface area contributed by atoms with Crippen LogP contribution >= 0.6 is 0 Å². The van der Waals surface area contributed by atoms with E-state index in [9.17, 15) is 13.2 Å². The Morgan fingerprint density at radius 2 is 1.97 bits per heavy atom. The highest BCUT2D eigenvalue weighted by Gasteiger charge is 2.24. The minimum Gasteiger partial charge on any atom is -0.351 e. The molecule has 1 saturated heterocycles. The minimum atomic E-state index is -3.35. The maximum absolute atomic E-state index is 13.1. The Kier molecular flexibility index (Phi) is 7.23. The van der Waals surface area contributed by atoms with Gasteiger partial charge in [0.1, 0.15) is 5.69 Å². The molecular formula is C25H33N5O3S. The van der Waals surface area contributed by atoms with E-state index in [0.29, 0.717) is 36.4 Å². The molecule has 8 nitrogen and oxygen atoms in total. The molecule has 1 fully saturated rings. The van der Waals surface area contributed by atoms with Gasteiger partial charge in [0.15, 0.2) is 0 Å². The Morgan fingerprint density at radius 1 is 1.21 bits per heavy atom. The molecule has 3 N–H and O–H groups in total. The first-order valence-electron chi connectivity index (χ1n) is 11.7. The van der Waals surface area contributed by atoms with Crippen LogP contribution in [0.25, 0.3) is 10.9 Å². The van der Waals surface area contributed by atoms with Gasteiger partial charge in [-0.3, -0.25) is 14.5 Å². The van der Waals surface area contributed by atoms with Crippen LogP contribution in [0.3, 0.4) is 0 Å². The molecule has 34 heavy (non-hydrogen) atoms. The minimum absolute atomic E-state index is 0.0313. The number of fused-ring (bicyclic) bond motifs is 1. The number of carbonyl (C=O) groups is 1. The van der Waals surface area contributed by atoms with Crippen molar-refractivity contribution in [3.05, 3.63) is 59.5 Å². The van der Waals surface area contributed by atoms with E-state index in [0.717, 1.165) is 48.7 Å². The summed E-state index contributed by atoms with van der Waals surface area (Å²) in [5.74, 6) is 0.556. The third kappa shape index (κ3) is 6.15. The monoisotopic (exact) mass is 483 g/mol. The molecule has 1 amide bonds. The number of benzene rings is 1. The molecule has 0 atom stereocenters. The Labute approximate surface area is 201 Å². The Morgan fingerprint density at radius 3 is 2.68 bits per heavy atom. The number of amides is 1. The molecule has 0 unspecified atom stereocenters. The zero-order chi connectivity index (χ0) is 24.3. The predicted octanol–water partition coefficient (Wildman–Crippen LogP) is 3.53. The van der Waals surface area contributed by atoms with E-state index in [4.69, 9.17) is 0 Å². The zero-order valence-corrected chi connectivity index (χ0v) is 20.8. The highest BCUT2D eigenvalue weighted by Crippen LogP contribution is 2.23. The van der Waals surface area contributed by atoms with Crippen molar-refractivity contribution >= 4 is 32.5 Å². The lowest BCUT2D eigenvalue weighted by molar-refractivity contribution is 0.0699. The first kappa shape index (κ1) is 24.2. The molecule has 0 saturated carbocycles. The summed E-state index contributed by atoms with van der Waals surface area (Å²) in [6.07, 6.45) is 5.76. The number of carbonyl (C=O) groups excluding carboxylic acids is 1. The van der Waals surface area contributed by atoms with Crippen molar-refractivity contribution in [1.29, 1.82) is 0 Å². The second-order valence-electron chi connectivity index (χ2n) is 9.51. The summed E-state index contributed by atoms with van der Waals surface area (Å²) < 4.78 is 25.4. The van der Waals surface area contributed by atoms with Crippen molar-refractivity contribution in [3.63, 3.8) is 0 Å². The van der Waals surface area contributed by atoms with Gasteiger partial charge in [0.25, 0.3) is 5.91 Å². The number of nitrogens with one attached hydrogen (secondary N) is 3. The topological polar surface area (TPSA) is 107 Å². The number of sulfonamides is 1. The van der Waals surface area contributed by atoms with Crippen LogP contribution in [0.2, 0.25) is 0 Å². The molecule has 0 radical (unpaired) electrons. The quantitative estimate of drug-likeness (QED) is 0.454. The van der Waals surface area contributed by atoms with Crippen molar-refractivity contribution in [1.82, 2.24) is 20.2 Å². The van der Waals surface area contributed by atoms with Gasteiger partial charge < -0.3 is 15.2 Å². The molecule has 1 aliphatic heterocycles. The van der Waals surface area contributed by atoms with E-state index in [2.05, 4.69) is 39.9 Å². The van der Waals surface area contributed by atoms with Crippen LogP contribution in [0.5, 0.6) is 0 Å². The van der Waals surface area contributed by atoms with E-state index in [1.54, 1.807) is 24.3 Å². The summed E-state index contributed by atoms with van der Waals surface area (Å²) >= 11 is 0. The second kappa shape index (κ2) is 10.1. The number of H-pyrrole nitrogens is 1. The molecule has 0 bridgehead atoms. The predicted molar refractivity (Wildman–Crippen MR) is 135 cm³/mol. The summed E-state index contributed by atoms with van der Waals surface area (Å²) in [5.41, 5.74) is 4.20. The highest BCUT2D eigenvalue weighted by molar-refractivity contribution is 7.92. The van der Waals surface area contributed by atoms with E-state index in [1.807, 2.05) is 17.2 Å². The normalized spacial score (nSPS) is 15.2. The van der Waals surface area contributed by atoms with Crippen LogP contribution in [0, 0.1) is 5.92 Å². The third-order valence-corrected chi connectivity index (χ3v) is 6.71. The molecule has 3 aromatic rings. The van der Waals surface area contributed by atoms with E-state index in [-0.39, 0.29) is 5.91 Å². The Hall–Kier alpha value is -2.91. The molecule has 4 rings (SSSR count). The van der Waals surface area contributed by atoms with E-state index >= 15 is 0 Å². The Balaban J connectivity index is 1.33. The summed E-state index contributed by atoms with van der Waals surface area (Å²) in [5, 5.41) is 4.43. The fourth-order valence-electron chi connectivity index (χ4n) is 4.48. The third-order valence-electron chi connectivity index (χ3n) is 6.11. The van der Waals surface area contributed by atoms with Gasteiger partial charge >= 0.3 is 0 Å². The van der Waals surface area contributed by atoms with Gasteiger partial charge in [-0.1, -0.05) is 19.9 Å². The van der Waals surface area contributed by atoms with Crippen molar-refractivity contribution in [2.24, 2.45) is 5.92 Å². The lowest BCUT2D eigenvalue weighted by Gasteiger charge is -2.32. The summed E-state index contributed by atoms with van der Waals surface area (Å²) in [7, 11) is -3.35. The molecule has 0 aliphatic carbocycles. The van der Waals surface area contributed by atoms with Gasteiger partial charge in [-0.15, -0.1) is 0 Å². The van der Waals surface area contributed by atoms with Crippen molar-refractivity contribution in [2.45, 2.75) is 45.7 Å². The number of rotatable bonds is 8. The number of hydrogen-bond acceptors (Lipinski definition) is 5. The summed E-state index contributed by atoms with van der Waals surface area (Å²) in [6, 6.07) is 11.5. The van der Waals surface area contributed by atoms with Crippen LogP contribution < -0.4 is 10.0 Å².